The van der Waals surface area contributed by atoms with Gasteiger partial charge < -0.3 is 15.0 Å². The molecule has 2 aromatic rings. The number of benzene rings is 1. The van der Waals surface area contributed by atoms with E-state index < -0.39 is 5.41 Å². The van der Waals surface area contributed by atoms with Crippen molar-refractivity contribution < 1.29 is 24.6 Å². The zero-order valence-corrected chi connectivity index (χ0v) is 23.6. The van der Waals surface area contributed by atoms with Crippen molar-refractivity contribution in [2.45, 2.75) is 63.5 Å². The van der Waals surface area contributed by atoms with Crippen LogP contribution in [-0.2, 0) is 21.5 Å². The minimum absolute atomic E-state index is 0.216. The minimum atomic E-state index is -0.470. The number of aromatic nitrogens is 1. The van der Waals surface area contributed by atoms with Crippen molar-refractivity contribution in [3.63, 3.8) is 0 Å². The maximum Gasteiger partial charge on any atom is 0.410 e. The molecule has 1 aromatic heterocycles. The van der Waals surface area contributed by atoms with Gasteiger partial charge in [0.15, 0.2) is 0 Å². The van der Waals surface area contributed by atoms with Crippen LogP contribution >= 0.6 is 22.9 Å². The SMILES string of the molecule is CCC(CC)[C@@H]1C[C@H](c2ccccc2)CCN1C(=O)[C@@H]1C[NH2+]C[C@]12CN(C(=O)OC)Cc1[nH+]c(Cl)sc12. The summed E-state index contributed by atoms with van der Waals surface area (Å²) in [6, 6.07) is 11.0. The first-order valence-electron chi connectivity index (χ1n) is 13.6. The number of amides is 2. The molecule has 1 spiro atoms. The second-order valence-electron chi connectivity index (χ2n) is 10.9. The molecular weight excluding hydrogens is 508 g/mol. The molecule has 0 bridgehead atoms. The molecule has 4 heterocycles. The van der Waals surface area contributed by atoms with Crippen LogP contribution < -0.4 is 10.3 Å². The molecule has 37 heavy (non-hydrogen) atoms. The fraction of sp³-hybridized carbons (Fsp3) is 0.607. The smallest absolute Gasteiger partial charge is 0.410 e. The van der Waals surface area contributed by atoms with Crippen LogP contribution in [0.25, 0.3) is 0 Å². The largest absolute Gasteiger partial charge is 0.453 e. The highest BCUT2D eigenvalue weighted by molar-refractivity contribution is 7.15. The summed E-state index contributed by atoms with van der Waals surface area (Å²) in [5.41, 5.74) is 1.84. The summed E-state index contributed by atoms with van der Waals surface area (Å²) in [5, 5.41) is 2.24. The monoisotopic (exact) mass is 546 g/mol. The topological polar surface area (TPSA) is 80.6 Å². The first-order chi connectivity index (χ1) is 17.9. The van der Waals surface area contributed by atoms with E-state index >= 15 is 0 Å². The number of carbonyl (C=O) groups is 2. The predicted octanol–water partition coefficient (Wildman–Crippen LogP) is 3.44. The maximum atomic E-state index is 14.6. The lowest BCUT2D eigenvalue weighted by Gasteiger charge is -2.46. The van der Waals surface area contributed by atoms with Gasteiger partial charge in [-0.3, -0.25) is 9.69 Å². The van der Waals surface area contributed by atoms with Crippen molar-refractivity contribution in [1.82, 2.24) is 9.80 Å². The Morgan fingerprint density at radius 3 is 2.73 bits per heavy atom. The third-order valence-corrected chi connectivity index (χ3v) is 10.6. The lowest BCUT2D eigenvalue weighted by molar-refractivity contribution is -0.640. The van der Waals surface area contributed by atoms with Gasteiger partial charge in [-0.05, 0) is 30.2 Å². The van der Waals surface area contributed by atoms with Gasteiger partial charge in [0.1, 0.15) is 12.5 Å². The van der Waals surface area contributed by atoms with Crippen LogP contribution in [0.1, 0.15) is 61.6 Å². The molecule has 3 aliphatic heterocycles. The van der Waals surface area contributed by atoms with Gasteiger partial charge in [0.25, 0.3) is 0 Å². The molecule has 5 rings (SSSR count). The van der Waals surface area contributed by atoms with Crippen LogP contribution in [0.4, 0.5) is 4.79 Å². The van der Waals surface area contributed by atoms with Crippen LogP contribution in [0.3, 0.4) is 0 Å². The lowest BCUT2D eigenvalue weighted by Crippen LogP contribution is -2.83. The van der Waals surface area contributed by atoms with E-state index in [9.17, 15) is 9.59 Å². The van der Waals surface area contributed by atoms with Crippen molar-refractivity contribution >= 4 is 34.9 Å². The minimum Gasteiger partial charge on any atom is -0.453 e. The molecule has 4 atom stereocenters. The van der Waals surface area contributed by atoms with Gasteiger partial charge in [-0.2, -0.15) is 4.98 Å². The number of nitrogens with one attached hydrogen (secondary N) is 1. The number of rotatable bonds is 5. The normalized spacial score (nSPS) is 27.5. The molecule has 3 N–H and O–H groups in total. The van der Waals surface area contributed by atoms with E-state index in [-0.39, 0.29) is 24.0 Å². The molecule has 0 aliphatic carbocycles. The maximum absolute atomic E-state index is 14.6. The number of halogens is 1. The molecule has 200 valence electrons. The summed E-state index contributed by atoms with van der Waals surface area (Å²) < 4.78 is 5.69. The van der Waals surface area contributed by atoms with Gasteiger partial charge >= 0.3 is 10.6 Å². The zero-order chi connectivity index (χ0) is 26.2. The molecule has 2 amide bonds. The summed E-state index contributed by atoms with van der Waals surface area (Å²) in [6.07, 6.45) is 3.74. The molecule has 1 aromatic carbocycles. The third kappa shape index (κ3) is 4.77. The van der Waals surface area contributed by atoms with Crippen molar-refractivity contribution in [2.75, 3.05) is 33.3 Å². The van der Waals surface area contributed by atoms with Gasteiger partial charge in [-0.15, -0.1) is 0 Å². The van der Waals surface area contributed by atoms with Gasteiger partial charge in [0.2, 0.25) is 11.6 Å². The number of nitrogens with two attached hydrogens (primary N) is 1. The van der Waals surface area contributed by atoms with E-state index in [1.54, 1.807) is 4.90 Å². The Kier molecular flexibility index (Phi) is 7.80. The lowest BCUT2D eigenvalue weighted by atomic mass is 9.72. The second-order valence-corrected chi connectivity index (χ2v) is 12.5. The number of piperidine rings is 1. The Hall–Kier alpha value is -2.16. The predicted molar refractivity (Wildman–Crippen MR) is 144 cm³/mol. The summed E-state index contributed by atoms with van der Waals surface area (Å²) in [4.78, 5) is 35.5. The van der Waals surface area contributed by atoms with Crippen LogP contribution in [0.5, 0.6) is 0 Å². The number of aromatic amines is 1. The second kappa shape index (κ2) is 10.9. The first-order valence-corrected chi connectivity index (χ1v) is 14.8. The van der Waals surface area contributed by atoms with Crippen LogP contribution in [0.2, 0.25) is 4.47 Å². The van der Waals surface area contributed by atoms with Crippen molar-refractivity contribution in [1.29, 1.82) is 0 Å². The quantitative estimate of drug-likeness (QED) is 0.624. The van der Waals surface area contributed by atoms with E-state index in [0.29, 0.717) is 29.4 Å². The molecule has 0 radical (unpaired) electrons. The van der Waals surface area contributed by atoms with E-state index in [1.807, 2.05) is 0 Å². The van der Waals surface area contributed by atoms with Crippen LogP contribution in [-0.4, -0.2) is 61.1 Å². The third-order valence-electron chi connectivity index (χ3n) is 9.09. The van der Waals surface area contributed by atoms with E-state index in [0.717, 1.165) is 55.9 Å². The summed E-state index contributed by atoms with van der Waals surface area (Å²) in [5.74, 6) is 0.961. The average Bonchev–Trinajstić information content (AvgIpc) is 3.52. The Morgan fingerprint density at radius 2 is 2.03 bits per heavy atom. The van der Waals surface area contributed by atoms with Crippen molar-refractivity contribution in [3.8, 4) is 0 Å². The number of hydrogen-bond acceptors (Lipinski definition) is 4. The number of nitrogens with zero attached hydrogens (tertiary/aromatic N) is 2. The fourth-order valence-electron chi connectivity index (χ4n) is 7.20. The van der Waals surface area contributed by atoms with Gasteiger partial charge in [-0.1, -0.05) is 68.4 Å². The van der Waals surface area contributed by atoms with Crippen LogP contribution in [0.15, 0.2) is 30.3 Å². The van der Waals surface area contributed by atoms with Crippen molar-refractivity contribution in [2.24, 2.45) is 11.8 Å². The summed E-state index contributed by atoms with van der Waals surface area (Å²) in [7, 11) is 1.41. The van der Waals surface area contributed by atoms with Gasteiger partial charge in [-0.25, -0.2) is 4.79 Å². The summed E-state index contributed by atoms with van der Waals surface area (Å²) >= 11 is 7.98. The molecular formula is C28H39ClN4O3S+2. The number of quaternary nitrogens is 1. The molecule has 0 saturated carbocycles. The van der Waals surface area contributed by atoms with E-state index in [1.165, 1.54) is 24.0 Å². The highest BCUT2D eigenvalue weighted by Crippen LogP contribution is 2.45. The highest BCUT2D eigenvalue weighted by atomic mass is 35.5. The molecule has 9 heteroatoms. The molecule has 2 fully saturated rings. The number of methoxy groups -OCH3 is 1. The number of carbonyl (C=O) groups excluding carboxylic acids is 2. The number of hydrogen-bond donors (Lipinski definition) is 1. The number of fused-ring (bicyclic) bond motifs is 2. The van der Waals surface area contributed by atoms with Crippen molar-refractivity contribution in [3.05, 3.63) is 50.9 Å². The molecule has 0 unspecified atom stereocenters. The molecule has 2 saturated heterocycles. The van der Waals surface area contributed by atoms with E-state index in [4.69, 9.17) is 16.3 Å². The number of likely N-dealkylation sites (tertiary alicyclic amines) is 1. The number of ether oxygens (including phenoxy) is 1. The van der Waals surface area contributed by atoms with Gasteiger partial charge in [0.05, 0.1) is 30.5 Å². The molecule has 7 nitrogen and oxygen atoms in total. The fourth-order valence-corrected chi connectivity index (χ4v) is 8.63. The van der Waals surface area contributed by atoms with Crippen LogP contribution in [0, 0.1) is 11.8 Å². The Labute approximate surface area is 228 Å². The Balaban J connectivity index is 1.47. The number of thiazole rings is 1. The Morgan fingerprint density at radius 1 is 1.27 bits per heavy atom. The highest BCUT2D eigenvalue weighted by Gasteiger charge is 2.60. The van der Waals surface area contributed by atoms with Gasteiger partial charge in [0, 0.05) is 30.7 Å². The summed E-state index contributed by atoms with van der Waals surface area (Å²) in [6.45, 7) is 7.64. The standard InChI is InChI=1S/C28H37ClN4O3S/c1-4-18(5-2)23-13-20(19-9-7-6-8-10-19)11-12-33(23)25(34)21-14-30-16-28(21)17-32(27(35)36-3)15-22-24(28)37-26(29)31-22/h6-10,18,20-21,23,30H,4-5,11-17H2,1-3H3/p+2/t20-,21+,23+,28+/m1/s1. The van der Waals surface area contributed by atoms with E-state index in [2.05, 4.69) is 59.4 Å². The number of H-pyrrole nitrogens is 1. The zero-order valence-electron chi connectivity index (χ0n) is 22.0. The first kappa shape index (κ1) is 26.4. The average molecular weight is 547 g/mol. The Bertz CT molecular complexity index is 1120. The molecule has 3 aliphatic rings.